The SMILES string of the molecule is CCCCN(CCO)C(=O)CCCc1nc2ccccc2c(=O)[nH]1. The third-order valence-electron chi connectivity index (χ3n) is 3.97. The second-order valence-electron chi connectivity index (χ2n) is 5.84. The normalized spacial score (nSPS) is 10.9. The van der Waals surface area contributed by atoms with Crippen LogP contribution in [0, 0.1) is 0 Å². The quantitative estimate of drug-likeness (QED) is 0.734. The fourth-order valence-corrected chi connectivity index (χ4v) is 2.65. The number of aromatic amines is 1. The number of hydrogen-bond acceptors (Lipinski definition) is 4. The number of carbonyl (C=O) groups excluding carboxylic acids is 1. The highest BCUT2D eigenvalue weighted by molar-refractivity contribution is 5.77. The van der Waals surface area contributed by atoms with Crippen LogP contribution in [0.4, 0.5) is 0 Å². The van der Waals surface area contributed by atoms with Gasteiger partial charge in [0.05, 0.1) is 17.5 Å². The summed E-state index contributed by atoms with van der Waals surface area (Å²) in [5.41, 5.74) is 0.527. The van der Waals surface area contributed by atoms with Crippen molar-refractivity contribution in [2.24, 2.45) is 0 Å². The molecule has 2 aromatic rings. The number of aliphatic hydroxyl groups is 1. The molecule has 0 saturated heterocycles. The molecule has 1 heterocycles. The first-order chi connectivity index (χ1) is 11.7. The predicted molar refractivity (Wildman–Crippen MR) is 93.9 cm³/mol. The van der Waals surface area contributed by atoms with Gasteiger partial charge in [-0.2, -0.15) is 0 Å². The van der Waals surface area contributed by atoms with E-state index >= 15 is 0 Å². The summed E-state index contributed by atoms with van der Waals surface area (Å²) in [6, 6.07) is 7.22. The molecule has 1 aromatic heterocycles. The molecule has 0 aliphatic carbocycles. The summed E-state index contributed by atoms with van der Waals surface area (Å²) in [4.78, 5) is 33.2. The van der Waals surface area contributed by atoms with Crippen LogP contribution in [-0.4, -0.2) is 45.6 Å². The van der Waals surface area contributed by atoms with Gasteiger partial charge in [-0.05, 0) is 25.0 Å². The van der Waals surface area contributed by atoms with Crippen molar-refractivity contribution in [2.75, 3.05) is 19.7 Å². The van der Waals surface area contributed by atoms with Crippen LogP contribution in [0.1, 0.15) is 38.4 Å². The Bertz CT molecular complexity index is 727. The predicted octanol–water partition coefficient (Wildman–Crippen LogP) is 1.87. The Labute approximate surface area is 141 Å². The zero-order valence-corrected chi connectivity index (χ0v) is 14.1. The van der Waals surface area contributed by atoms with E-state index < -0.39 is 0 Å². The van der Waals surface area contributed by atoms with Gasteiger partial charge in [-0.3, -0.25) is 9.59 Å². The number of hydrogen-bond donors (Lipinski definition) is 2. The highest BCUT2D eigenvalue weighted by Gasteiger charge is 2.12. The molecule has 0 aliphatic heterocycles. The Hall–Kier alpha value is -2.21. The first kappa shape index (κ1) is 18.1. The summed E-state index contributed by atoms with van der Waals surface area (Å²) in [5.74, 6) is 0.648. The molecule has 0 unspecified atom stereocenters. The maximum absolute atomic E-state index is 12.2. The lowest BCUT2D eigenvalue weighted by molar-refractivity contribution is -0.131. The number of nitrogens with zero attached hydrogens (tertiary/aromatic N) is 2. The summed E-state index contributed by atoms with van der Waals surface area (Å²) >= 11 is 0. The molecule has 0 fully saturated rings. The lowest BCUT2D eigenvalue weighted by Crippen LogP contribution is -2.34. The summed E-state index contributed by atoms with van der Waals surface area (Å²) in [7, 11) is 0. The van der Waals surface area contributed by atoms with Crippen molar-refractivity contribution in [1.82, 2.24) is 14.9 Å². The molecule has 0 spiro atoms. The number of benzene rings is 1. The van der Waals surface area contributed by atoms with Gasteiger partial charge in [-0.25, -0.2) is 4.98 Å². The summed E-state index contributed by atoms with van der Waals surface area (Å²) in [6.45, 7) is 3.11. The van der Waals surface area contributed by atoms with Crippen molar-refractivity contribution in [3.05, 3.63) is 40.4 Å². The number of nitrogens with one attached hydrogen (secondary N) is 1. The van der Waals surface area contributed by atoms with Crippen LogP contribution in [0.25, 0.3) is 10.9 Å². The van der Waals surface area contributed by atoms with E-state index in [-0.39, 0.29) is 18.1 Å². The maximum Gasteiger partial charge on any atom is 0.258 e. The molecule has 0 bridgehead atoms. The average molecular weight is 331 g/mol. The van der Waals surface area contributed by atoms with Crippen molar-refractivity contribution in [1.29, 1.82) is 0 Å². The number of H-pyrrole nitrogens is 1. The van der Waals surface area contributed by atoms with Gasteiger partial charge in [0, 0.05) is 25.9 Å². The van der Waals surface area contributed by atoms with Gasteiger partial charge in [0.25, 0.3) is 5.56 Å². The van der Waals surface area contributed by atoms with Crippen LogP contribution in [-0.2, 0) is 11.2 Å². The molecule has 24 heavy (non-hydrogen) atoms. The zero-order chi connectivity index (χ0) is 17.4. The molecule has 0 radical (unpaired) electrons. The van der Waals surface area contributed by atoms with Gasteiger partial charge in [0.1, 0.15) is 5.82 Å². The minimum absolute atomic E-state index is 0.0188. The second kappa shape index (κ2) is 9.17. The molecule has 0 saturated carbocycles. The average Bonchev–Trinajstić information content (AvgIpc) is 2.58. The van der Waals surface area contributed by atoms with Crippen LogP contribution in [0.5, 0.6) is 0 Å². The molecule has 1 aromatic carbocycles. The van der Waals surface area contributed by atoms with E-state index in [1.54, 1.807) is 11.0 Å². The first-order valence-electron chi connectivity index (χ1n) is 8.52. The number of fused-ring (bicyclic) bond motifs is 1. The van der Waals surface area contributed by atoms with Crippen molar-refractivity contribution in [3.8, 4) is 0 Å². The Kier molecular flexibility index (Phi) is 6.93. The molecular weight excluding hydrogens is 306 g/mol. The van der Waals surface area contributed by atoms with Gasteiger partial charge >= 0.3 is 0 Å². The van der Waals surface area contributed by atoms with Crippen LogP contribution in [0.15, 0.2) is 29.1 Å². The van der Waals surface area contributed by atoms with E-state index in [9.17, 15) is 9.59 Å². The molecule has 6 heteroatoms. The largest absolute Gasteiger partial charge is 0.395 e. The number of aryl methyl sites for hydroxylation is 1. The number of amides is 1. The number of aromatic nitrogens is 2. The maximum atomic E-state index is 12.2. The Balaban J connectivity index is 1.93. The topological polar surface area (TPSA) is 86.3 Å². The van der Waals surface area contributed by atoms with Crippen molar-refractivity contribution in [3.63, 3.8) is 0 Å². The summed E-state index contributed by atoms with van der Waals surface area (Å²) in [5, 5.41) is 9.65. The van der Waals surface area contributed by atoms with E-state index in [1.165, 1.54) is 0 Å². The van der Waals surface area contributed by atoms with E-state index in [0.29, 0.717) is 49.1 Å². The Morgan fingerprint density at radius 2 is 2.04 bits per heavy atom. The zero-order valence-electron chi connectivity index (χ0n) is 14.1. The standard InChI is InChI=1S/C18H25N3O3/c1-2-3-11-21(12-13-22)17(23)10-6-9-16-19-15-8-5-4-7-14(15)18(24)20-16/h4-5,7-8,22H,2-3,6,9-13H2,1H3,(H,19,20,24). The Morgan fingerprint density at radius 3 is 2.79 bits per heavy atom. The minimum atomic E-state index is -0.147. The van der Waals surface area contributed by atoms with Gasteiger partial charge in [0.2, 0.25) is 5.91 Å². The highest BCUT2D eigenvalue weighted by atomic mass is 16.3. The van der Waals surface area contributed by atoms with E-state index in [0.717, 1.165) is 12.8 Å². The lowest BCUT2D eigenvalue weighted by atomic mass is 10.2. The molecule has 0 atom stereocenters. The number of carbonyl (C=O) groups is 1. The number of unbranched alkanes of at least 4 members (excludes halogenated alkanes) is 1. The van der Waals surface area contributed by atoms with Crippen LogP contribution in [0.3, 0.4) is 0 Å². The van der Waals surface area contributed by atoms with Gasteiger partial charge in [-0.15, -0.1) is 0 Å². The molecule has 2 rings (SSSR count). The molecule has 6 nitrogen and oxygen atoms in total. The van der Waals surface area contributed by atoms with Crippen molar-refractivity contribution in [2.45, 2.75) is 39.0 Å². The minimum Gasteiger partial charge on any atom is -0.395 e. The van der Waals surface area contributed by atoms with Gasteiger partial charge in [-0.1, -0.05) is 25.5 Å². The van der Waals surface area contributed by atoms with Crippen LogP contribution >= 0.6 is 0 Å². The van der Waals surface area contributed by atoms with Gasteiger partial charge in [0.15, 0.2) is 0 Å². The fourth-order valence-electron chi connectivity index (χ4n) is 2.65. The molecule has 1 amide bonds. The molecular formula is C18H25N3O3. The van der Waals surface area contributed by atoms with Crippen LogP contribution < -0.4 is 5.56 Å². The second-order valence-corrected chi connectivity index (χ2v) is 5.84. The van der Waals surface area contributed by atoms with Crippen LogP contribution in [0.2, 0.25) is 0 Å². The Morgan fingerprint density at radius 1 is 1.25 bits per heavy atom. The van der Waals surface area contributed by atoms with E-state index in [2.05, 4.69) is 16.9 Å². The smallest absolute Gasteiger partial charge is 0.258 e. The fraction of sp³-hybridized carbons (Fsp3) is 0.500. The monoisotopic (exact) mass is 331 g/mol. The summed E-state index contributed by atoms with van der Waals surface area (Å²) < 4.78 is 0. The number of para-hydroxylation sites is 1. The van der Waals surface area contributed by atoms with Crippen molar-refractivity contribution < 1.29 is 9.90 Å². The van der Waals surface area contributed by atoms with E-state index in [1.807, 2.05) is 18.2 Å². The highest BCUT2D eigenvalue weighted by Crippen LogP contribution is 2.08. The number of rotatable bonds is 9. The molecule has 130 valence electrons. The molecule has 0 aliphatic rings. The number of aliphatic hydroxyl groups excluding tert-OH is 1. The van der Waals surface area contributed by atoms with E-state index in [4.69, 9.17) is 5.11 Å². The summed E-state index contributed by atoms with van der Waals surface area (Å²) in [6.07, 6.45) is 3.50. The third kappa shape index (κ3) is 4.89. The third-order valence-corrected chi connectivity index (χ3v) is 3.97. The first-order valence-corrected chi connectivity index (χ1v) is 8.52. The van der Waals surface area contributed by atoms with Gasteiger partial charge < -0.3 is 15.0 Å². The lowest BCUT2D eigenvalue weighted by Gasteiger charge is -2.21. The van der Waals surface area contributed by atoms with Crippen molar-refractivity contribution >= 4 is 16.8 Å². The molecule has 2 N–H and O–H groups in total.